The zero-order valence-electron chi connectivity index (χ0n) is 12.9. The molecule has 0 bridgehead atoms. The minimum atomic E-state index is -0.434. The van der Waals surface area contributed by atoms with Crippen molar-refractivity contribution in [3.8, 4) is 11.8 Å². The molecule has 1 N–H and O–H groups in total. The van der Waals surface area contributed by atoms with Crippen LogP contribution in [0.25, 0.3) is 0 Å². The van der Waals surface area contributed by atoms with E-state index in [1.165, 1.54) is 24.3 Å². The van der Waals surface area contributed by atoms with Crippen molar-refractivity contribution in [1.82, 2.24) is 4.90 Å². The van der Waals surface area contributed by atoms with E-state index in [2.05, 4.69) is 0 Å². The van der Waals surface area contributed by atoms with Gasteiger partial charge in [-0.15, -0.1) is 0 Å². The van der Waals surface area contributed by atoms with Gasteiger partial charge in [0.2, 0.25) is 0 Å². The van der Waals surface area contributed by atoms with Crippen molar-refractivity contribution in [2.24, 2.45) is 0 Å². The maximum atomic E-state index is 13.2. The normalized spacial score (nSPS) is 14.3. The van der Waals surface area contributed by atoms with Gasteiger partial charge in [-0.1, -0.05) is 0 Å². The molecule has 122 valence electrons. The molecule has 0 radical (unpaired) electrons. The highest BCUT2D eigenvalue weighted by Gasteiger charge is 2.23. The summed E-state index contributed by atoms with van der Waals surface area (Å²) in [7, 11) is 0. The fourth-order valence-electron chi connectivity index (χ4n) is 2.81. The fourth-order valence-corrected chi connectivity index (χ4v) is 2.81. The van der Waals surface area contributed by atoms with Crippen LogP contribution in [0.15, 0.2) is 42.5 Å². The molecule has 2 aromatic rings. The molecular weight excluding hydrogens is 309 g/mol. The summed E-state index contributed by atoms with van der Waals surface area (Å²) < 4.78 is 13.2. The molecule has 3 rings (SSSR count). The Balaban J connectivity index is 1.69. The number of carbonyl (C=O) groups excluding carboxylic acids is 1. The van der Waals surface area contributed by atoms with Gasteiger partial charge < -0.3 is 14.9 Å². The van der Waals surface area contributed by atoms with E-state index in [0.717, 1.165) is 0 Å². The first-order valence-corrected chi connectivity index (χ1v) is 7.61. The SMILES string of the molecule is N#Cc1cc(F)ccc1N1CCN(C(=O)c2ccc(O)cc2)CC1. The molecule has 24 heavy (non-hydrogen) atoms. The first-order valence-electron chi connectivity index (χ1n) is 7.61. The molecule has 0 aromatic heterocycles. The molecule has 0 unspecified atom stereocenters. The smallest absolute Gasteiger partial charge is 0.253 e. The van der Waals surface area contributed by atoms with Gasteiger partial charge >= 0.3 is 0 Å². The van der Waals surface area contributed by atoms with Crippen LogP contribution in [0.2, 0.25) is 0 Å². The Labute approximate surface area is 139 Å². The van der Waals surface area contributed by atoms with E-state index in [9.17, 15) is 14.3 Å². The average molecular weight is 325 g/mol. The summed E-state index contributed by atoms with van der Waals surface area (Å²) in [6, 6.07) is 12.3. The second kappa shape index (κ2) is 6.59. The van der Waals surface area contributed by atoms with Crippen LogP contribution in [0.1, 0.15) is 15.9 Å². The number of phenolic OH excluding ortho intramolecular Hbond substituents is 1. The Hall–Kier alpha value is -3.07. The van der Waals surface area contributed by atoms with Crippen LogP contribution < -0.4 is 4.90 Å². The highest BCUT2D eigenvalue weighted by atomic mass is 19.1. The van der Waals surface area contributed by atoms with Crippen LogP contribution >= 0.6 is 0 Å². The summed E-state index contributed by atoms with van der Waals surface area (Å²) in [4.78, 5) is 16.2. The van der Waals surface area contributed by atoms with Crippen LogP contribution in [-0.2, 0) is 0 Å². The number of nitriles is 1. The third kappa shape index (κ3) is 3.15. The number of amides is 1. The minimum Gasteiger partial charge on any atom is -0.508 e. The first-order chi connectivity index (χ1) is 11.6. The van der Waals surface area contributed by atoms with E-state index in [1.807, 2.05) is 11.0 Å². The third-order valence-corrected chi connectivity index (χ3v) is 4.10. The Bertz CT molecular complexity index is 791. The molecule has 2 aromatic carbocycles. The maximum Gasteiger partial charge on any atom is 0.253 e. The number of hydrogen-bond acceptors (Lipinski definition) is 4. The number of anilines is 1. The first kappa shape index (κ1) is 15.8. The Kier molecular flexibility index (Phi) is 4.34. The number of phenols is 1. The largest absolute Gasteiger partial charge is 0.508 e. The van der Waals surface area contributed by atoms with E-state index < -0.39 is 5.82 Å². The number of rotatable bonds is 2. The zero-order valence-corrected chi connectivity index (χ0v) is 12.9. The monoisotopic (exact) mass is 325 g/mol. The van der Waals surface area contributed by atoms with E-state index in [-0.39, 0.29) is 11.7 Å². The van der Waals surface area contributed by atoms with E-state index in [1.54, 1.807) is 23.1 Å². The standard InChI is InChI=1S/C18H16FN3O2/c19-15-3-6-17(14(11-15)12-20)21-7-9-22(10-8-21)18(24)13-1-4-16(23)5-2-13/h1-6,11,23H,7-10H2. The van der Waals surface area contributed by atoms with Crippen molar-refractivity contribution < 1.29 is 14.3 Å². The predicted octanol–water partition coefficient (Wildman–Crippen LogP) is 2.37. The number of halogens is 1. The van der Waals surface area contributed by atoms with E-state index in [4.69, 9.17) is 5.26 Å². The molecular formula is C18H16FN3O2. The van der Waals surface area contributed by atoms with Gasteiger partial charge in [-0.2, -0.15) is 5.26 Å². The Morgan fingerprint density at radius 1 is 1.08 bits per heavy atom. The molecule has 1 aliphatic rings. The molecule has 1 heterocycles. The molecule has 0 saturated carbocycles. The van der Waals surface area contributed by atoms with Gasteiger partial charge in [-0.05, 0) is 42.5 Å². The lowest BCUT2D eigenvalue weighted by molar-refractivity contribution is 0.0747. The Morgan fingerprint density at radius 3 is 2.38 bits per heavy atom. The highest BCUT2D eigenvalue weighted by molar-refractivity contribution is 5.94. The zero-order chi connectivity index (χ0) is 17.1. The van der Waals surface area contributed by atoms with Crippen LogP contribution in [-0.4, -0.2) is 42.1 Å². The van der Waals surface area contributed by atoms with Crippen LogP contribution in [0.3, 0.4) is 0 Å². The lowest BCUT2D eigenvalue weighted by Crippen LogP contribution is -2.49. The number of piperazine rings is 1. The van der Waals surface area contributed by atoms with Gasteiger partial charge in [0, 0.05) is 31.7 Å². The topological polar surface area (TPSA) is 67.6 Å². The summed E-state index contributed by atoms with van der Waals surface area (Å²) in [6.45, 7) is 2.18. The summed E-state index contributed by atoms with van der Waals surface area (Å²) in [6.07, 6.45) is 0. The van der Waals surface area contributed by atoms with E-state index >= 15 is 0 Å². The van der Waals surface area contributed by atoms with E-state index in [0.29, 0.717) is 43.0 Å². The number of hydrogen-bond donors (Lipinski definition) is 1. The van der Waals surface area contributed by atoms with Crippen molar-refractivity contribution in [3.63, 3.8) is 0 Å². The summed E-state index contributed by atoms with van der Waals surface area (Å²) in [5.74, 6) is -0.401. The molecule has 0 atom stereocenters. The van der Waals surface area contributed by atoms with Gasteiger partial charge in [-0.25, -0.2) is 4.39 Å². The van der Waals surface area contributed by atoms with Crippen molar-refractivity contribution in [2.75, 3.05) is 31.1 Å². The summed E-state index contributed by atoms with van der Waals surface area (Å²) in [5.41, 5.74) is 1.52. The van der Waals surface area contributed by atoms with Gasteiger partial charge in [0.15, 0.2) is 0 Å². The lowest BCUT2D eigenvalue weighted by atomic mass is 10.1. The van der Waals surface area contributed by atoms with Gasteiger partial charge in [0.1, 0.15) is 17.6 Å². The number of nitrogens with zero attached hydrogens (tertiary/aromatic N) is 3. The number of aromatic hydroxyl groups is 1. The van der Waals surface area contributed by atoms with Gasteiger partial charge in [-0.3, -0.25) is 4.79 Å². The van der Waals surface area contributed by atoms with Gasteiger partial charge in [0.05, 0.1) is 11.3 Å². The minimum absolute atomic E-state index is 0.0886. The highest BCUT2D eigenvalue weighted by Crippen LogP contribution is 2.23. The predicted molar refractivity (Wildman–Crippen MR) is 87.3 cm³/mol. The number of carbonyl (C=O) groups is 1. The summed E-state index contributed by atoms with van der Waals surface area (Å²) in [5, 5.41) is 18.5. The molecule has 1 fully saturated rings. The van der Waals surface area contributed by atoms with Crippen LogP contribution in [0.4, 0.5) is 10.1 Å². The van der Waals surface area contributed by atoms with Crippen molar-refractivity contribution in [2.45, 2.75) is 0 Å². The molecule has 1 amide bonds. The lowest BCUT2D eigenvalue weighted by Gasteiger charge is -2.36. The fraction of sp³-hybridized carbons (Fsp3) is 0.222. The molecule has 0 spiro atoms. The third-order valence-electron chi connectivity index (χ3n) is 4.10. The van der Waals surface area contributed by atoms with Crippen LogP contribution in [0, 0.1) is 17.1 Å². The van der Waals surface area contributed by atoms with Crippen molar-refractivity contribution in [3.05, 3.63) is 59.4 Å². The molecule has 0 aliphatic carbocycles. The average Bonchev–Trinajstić information content (AvgIpc) is 2.62. The molecule has 1 saturated heterocycles. The van der Waals surface area contributed by atoms with Crippen LogP contribution in [0.5, 0.6) is 5.75 Å². The molecule has 5 nitrogen and oxygen atoms in total. The second-order valence-electron chi connectivity index (χ2n) is 5.60. The number of benzene rings is 2. The second-order valence-corrected chi connectivity index (χ2v) is 5.60. The molecule has 6 heteroatoms. The van der Waals surface area contributed by atoms with Gasteiger partial charge in [0.25, 0.3) is 5.91 Å². The summed E-state index contributed by atoms with van der Waals surface area (Å²) >= 11 is 0. The van der Waals surface area contributed by atoms with Crippen molar-refractivity contribution >= 4 is 11.6 Å². The molecule has 1 aliphatic heterocycles. The Morgan fingerprint density at radius 2 is 1.75 bits per heavy atom. The van der Waals surface area contributed by atoms with Crippen molar-refractivity contribution in [1.29, 1.82) is 5.26 Å². The maximum absolute atomic E-state index is 13.2. The quantitative estimate of drug-likeness (QED) is 0.920.